The van der Waals surface area contributed by atoms with Crippen LogP contribution in [-0.4, -0.2) is 115 Å². The predicted octanol–water partition coefficient (Wildman–Crippen LogP) is 5.30. The number of carbonyl (C=O) groups is 4. The first-order chi connectivity index (χ1) is 29.9. The smallest absolute Gasteiger partial charge is 0.408 e. The third-order valence-electron chi connectivity index (χ3n) is 13.8. The highest BCUT2D eigenvalue weighted by Crippen LogP contribution is 2.43. The van der Waals surface area contributed by atoms with Crippen molar-refractivity contribution in [2.45, 2.75) is 152 Å². The molecule has 5 heterocycles. The fraction of sp³-hybridized carbons (Fsp3) is 0.674. The molecule has 2 saturated heterocycles. The van der Waals surface area contributed by atoms with Gasteiger partial charge < -0.3 is 29.7 Å². The largest absolute Gasteiger partial charge is 0.491 e. The van der Waals surface area contributed by atoms with Crippen molar-refractivity contribution in [3.63, 3.8) is 0 Å². The van der Waals surface area contributed by atoms with E-state index in [0.29, 0.717) is 56.5 Å². The second-order valence-electron chi connectivity index (χ2n) is 18.7. The third kappa shape index (κ3) is 10.3. The van der Waals surface area contributed by atoms with Crippen LogP contribution in [-0.2, 0) is 35.6 Å². The zero-order valence-corrected chi connectivity index (χ0v) is 37.1. The molecular weight excluding hydrogens is 813 g/mol. The molecule has 3 bridgehead atoms. The number of para-hydroxylation sites is 1. The number of rotatable bonds is 7. The molecule has 338 valence electrons. The number of hydrogen-bond acceptors (Lipinski definition) is 11. The van der Waals surface area contributed by atoms with Crippen LogP contribution in [0.2, 0.25) is 0 Å². The topological polar surface area (TPSA) is 186 Å². The molecule has 4 aliphatic heterocycles. The normalized spacial score (nSPS) is 30.5. The van der Waals surface area contributed by atoms with Crippen LogP contribution in [0.1, 0.15) is 116 Å². The van der Waals surface area contributed by atoms with Crippen LogP contribution in [0.25, 0.3) is 10.9 Å². The molecule has 1 unspecified atom stereocenters. The molecule has 15 nitrogen and oxygen atoms in total. The number of sulfonamides is 1. The number of alkyl carbamates (subject to hydrolysis) is 1. The fourth-order valence-corrected chi connectivity index (χ4v) is 10.8. The van der Waals surface area contributed by atoms with E-state index in [1.165, 1.54) is 17.7 Å². The molecule has 0 spiro atoms. The van der Waals surface area contributed by atoms with Crippen molar-refractivity contribution in [3.8, 4) is 11.6 Å². The van der Waals surface area contributed by atoms with Crippen molar-refractivity contribution in [2.24, 2.45) is 11.8 Å². The van der Waals surface area contributed by atoms with E-state index >= 15 is 0 Å². The maximum atomic E-state index is 14.8. The number of carbonyl (C=O) groups excluding carboxylic acids is 4. The van der Waals surface area contributed by atoms with Crippen molar-refractivity contribution < 1.29 is 41.8 Å². The lowest BCUT2D eigenvalue weighted by Gasteiger charge is -2.30. The Morgan fingerprint density at radius 3 is 2.55 bits per heavy atom. The van der Waals surface area contributed by atoms with Crippen molar-refractivity contribution in [2.75, 3.05) is 32.8 Å². The zero-order chi connectivity index (χ0) is 43.4. The summed E-state index contributed by atoms with van der Waals surface area (Å²) in [6.07, 6.45) is 13.9. The first kappa shape index (κ1) is 44.2. The number of hydrogen-bond donors (Lipinski definition) is 3. The molecule has 4 amide bonds. The van der Waals surface area contributed by atoms with Crippen LogP contribution in [0.15, 0.2) is 36.4 Å². The Kier molecular flexibility index (Phi) is 13.6. The minimum Gasteiger partial charge on any atom is -0.491 e. The number of likely N-dealkylation sites (tertiary alicyclic amines) is 1. The summed E-state index contributed by atoms with van der Waals surface area (Å²) in [5.41, 5.74) is 1.56. The lowest BCUT2D eigenvalue weighted by Crippen LogP contribution is -2.58. The summed E-state index contributed by atoms with van der Waals surface area (Å²) in [4.78, 5) is 65.6. The molecule has 3 N–H and O–H groups in total. The van der Waals surface area contributed by atoms with Crippen LogP contribution in [0, 0.1) is 11.8 Å². The average molecular weight is 877 g/mol. The van der Waals surface area contributed by atoms with Gasteiger partial charge in [-0.25, -0.2) is 18.2 Å². The van der Waals surface area contributed by atoms with Crippen LogP contribution >= 0.6 is 0 Å². The van der Waals surface area contributed by atoms with E-state index in [-0.39, 0.29) is 25.0 Å². The van der Waals surface area contributed by atoms with Gasteiger partial charge in [-0.05, 0) is 109 Å². The molecular formula is C46H64N6O9S. The van der Waals surface area contributed by atoms with Gasteiger partial charge in [0, 0.05) is 24.3 Å². The fourth-order valence-electron chi connectivity index (χ4n) is 9.48. The first-order valence-electron chi connectivity index (χ1n) is 23.1. The van der Waals surface area contributed by atoms with Gasteiger partial charge in [0.25, 0.3) is 5.91 Å². The Bertz CT molecular complexity index is 2120. The third-order valence-corrected chi connectivity index (χ3v) is 16.0. The number of nitrogens with one attached hydrogen (secondary N) is 3. The van der Waals surface area contributed by atoms with E-state index < -0.39 is 68.7 Å². The molecule has 2 aromatic rings. The summed E-state index contributed by atoms with van der Waals surface area (Å²) in [6.45, 7) is 6.80. The molecule has 7 atom stereocenters. The van der Waals surface area contributed by atoms with Crippen molar-refractivity contribution in [1.82, 2.24) is 30.1 Å². The van der Waals surface area contributed by atoms with E-state index in [1.807, 2.05) is 36.4 Å². The lowest BCUT2D eigenvalue weighted by atomic mass is 9.99. The van der Waals surface area contributed by atoms with E-state index in [1.54, 1.807) is 13.8 Å². The second kappa shape index (κ2) is 19.1. The standard InChI is InChI=1S/C46H64N6O9S/c1-30-15-7-4-3-5-10-20-36-44(55)52-29-32(28-37(52)41(53)49-39(30)42(54)50-62(57,58)46(2)21-22-46)60-43-34(18-9-6-8-16-31-27-38(31)61-45(56)48-36)40(33-17-11-12-19-35(33)47-43)59-26-25-51-23-13-14-24-51/h7,11-12,15,17,19,30-32,36-39H,3-6,8-10,13-14,16,18,20-29H2,1-2H3,(H,48,56)(H,49,53)(H,50,54)/b15-7-/t30-,31+,32+,36-,37-,38+,39?/m0/s1. The number of aromatic nitrogens is 1. The second-order valence-corrected chi connectivity index (χ2v) is 20.9. The van der Waals surface area contributed by atoms with Gasteiger partial charge in [-0.2, -0.15) is 0 Å². The van der Waals surface area contributed by atoms with Gasteiger partial charge >= 0.3 is 6.09 Å². The number of pyridine rings is 1. The van der Waals surface area contributed by atoms with Gasteiger partial charge in [0.1, 0.15) is 42.7 Å². The Balaban J connectivity index is 1.13. The number of benzene rings is 1. The van der Waals surface area contributed by atoms with E-state index in [9.17, 15) is 27.6 Å². The van der Waals surface area contributed by atoms with Gasteiger partial charge in [-0.3, -0.25) is 24.0 Å². The molecule has 62 heavy (non-hydrogen) atoms. The molecule has 1 aromatic heterocycles. The summed E-state index contributed by atoms with van der Waals surface area (Å²) >= 11 is 0. The van der Waals surface area contributed by atoms with Gasteiger partial charge in [0.2, 0.25) is 27.7 Å². The van der Waals surface area contributed by atoms with E-state index in [2.05, 4.69) is 20.3 Å². The maximum absolute atomic E-state index is 14.8. The monoisotopic (exact) mass is 876 g/mol. The zero-order valence-electron chi connectivity index (χ0n) is 36.3. The number of allylic oxidation sites excluding steroid dienone is 1. The van der Waals surface area contributed by atoms with Gasteiger partial charge in [-0.1, -0.05) is 56.9 Å². The van der Waals surface area contributed by atoms with Crippen LogP contribution in [0.4, 0.5) is 4.79 Å². The highest BCUT2D eigenvalue weighted by atomic mass is 32.2. The van der Waals surface area contributed by atoms with E-state index in [0.717, 1.165) is 81.3 Å². The quantitative estimate of drug-likeness (QED) is 0.307. The molecule has 1 aromatic carbocycles. The minimum absolute atomic E-state index is 0.00694. The highest BCUT2D eigenvalue weighted by molar-refractivity contribution is 7.91. The molecule has 0 radical (unpaired) electrons. The summed E-state index contributed by atoms with van der Waals surface area (Å²) in [5.74, 6) is -1.08. The number of ether oxygens (including phenoxy) is 3. The summed E-state index contributed by atoms with van der Waals surface area (Å²) in [6, 6.07) is 4.52. The molecule has 16 heteroatoms. The highest BCUT2D eigenvalue weighted by Gasteiger charge is 2.52. The Morgan fingerprint density at radius 2 is 1.74 bits per heavy atom. The van der Waals surface area contributed by atoms with E-state index in [4.69, 9.17) is 19.2 Å². The molecule has 2 aliphatic carbocycles. The van der Waals surface area contributed by atoms with Crippen LogP contribution < -0.4 is 24.8 Å². The minimum atomic E-state index is -4.01. The van der Waals surface area contributed by atoms with Gasteiger partial charge in [0.15, 0.2) is 0 Å². The SMILES string of the molecule is C[C@H]1/C=C\CCCCC[C@@H]2NC(=O)O[C@@H]3C[C@H]3CCCCCc3c(nc4ccccc4c3OCCN3CCCC3)O[C@@H]3C[C@@H](C(=O)NC1C(=O)NS(=O)(=O)C1(C)CC1)N(C3)C2=O. The first-order valence-corrected chi connectivity index (χ1v) is 24.6. The summed E-state index contributed by atoms with van der Waals surface area (Å²) in [7, 11) is -4.01. The van der Waals surface area contributed by atoms with Gasteiger partial charge in [-0.15, -0.1) is 0 Å². The maximum Gasteiger partial charge on any atom is 0.408 e. The Morgan fingerprint density at radius 1 is 0.968 bits per heavy atom. The van der Waals surface area contributed by atoms with Gasteiger partial charge in [0.05, 0.1) is 22.4 Å². The molecule has 4 fully saturated rings. The number of nitrogens with zero attached hydrogens (tertiary/aromatic N) is 3. The molecule has 6 aliphatic rings. The predicted molar refractivity (Wildman–Crippen MR) is 233 cm³/mol. The Labute approximate surface area is 365 Å². The van der Waals surface area contributed by atoms with Crippen molar-refractivity contribution >= 4 is 44.7 Å². The van der Waals surface area contributed by atoms with Crippen LogP contribution in [0.5, 0.6) is 11.6 Å². The Hall–Kier alpha value is -4.44. The average Bonchev–Trinajstić information content (AvgIpc) is 4.04. The number of amides is 4. The lowest BCUT2D eigenvalue weighted by molar-refractivity contribution is -0.141. The number of fused-ring (bicyclic) bond motifs is 5. The summed E-state index contributed by atoms with van der Waals surface area (Å²) in [5, 5.41) is 6.62. The summed E-state index contributed by atoms with van der Waals surface area (Å²) < 4.78 is 47.1. The molecule has 8 rings (SSSR count). The van der Waals surface area contributed by atoms with Crippen molar-refractivity contribution in [1.29, 1.82) is 0 Å². The van der Waals surface area contributed by atoms with Crippen molar-refractivity contribution in [3.05, 3.63) is 42.0 Å². The molecule has 2 saturated carbocycles. The van der Waals surface area contributed by atoms with Crippen LogP contribution in [0.3, 0.4) is 0 Å².